The SMILES string of the molecule is COCc1cccc(SC(=O)N(C)C)c1. The number of rotatable bonds is 3. The summed E-state index contributed by atoms with van der Waals surface area (Å²) < 4.78 is 5.03. The van der Waals surface area contributed by atoms with Gasteiger partial charge in [0.2, 0.25) is 0 Å². The lowest BCUT2D eigenvalue weighted by Crippen LogP contribution is -2.15. The van der Waals surface area contributed by atoms with Gasteiger partial charge in [-0.2, -0.15) is 0 Å². The highest BCUT2D eigenvalue weighted by Crippen LogP contribution is 2.21. The zero-order valence-corrected chi connectivity index (χ0v) is 10.0. The summed E-state index contributed by atoms with van der Waals surface area (Å²) in [7, 11) is 5.15. The van der Waals surface area contributed by atoms with E-state index in [0.717, 1.165) is 10.5 Å². The molecule has 0 aliphatic carbocycles. The predicted molar refractivity (Wildman–Crippen MR) is 62.1 cm³/mol. The number of amides is 1. The average molecular weight is 225 g/mol. The zero-order chi connectivity index (χ0) is 11.3. The number of nitrogens with zero attached hydrogens (tertiary/aromatic N) is 1. The largest absolute Gasteiger partial charge is 0.380 e. The van der Waals surface area contributed by atoms with Crippen LogP contribution in [0.3, 0.4) is 0 Å². The lowest BCUT2D eigenvalue weighted by Gasteiger charge is -2.09. The van der Waals surface area contributed by atoms with Crippen molar-refractivity contribution in [2.45, 2.75) is 11.5 Å². The highest BCUT2D eigenvalue weighted by Gasteiger charge is 2.06. The van der Waals surface area contributed by atoms with Gasteiger partial charge >= 0.3 is 0 Å². The molecule has 15 heavy (non-hydrogen) atoms. The Morgan fingerprint density at radius 1 is 1.47 bits per heavy atom. The van der Waals surface area contributed by atoms with E-state index in [0.29, 0.717) is 6.61 Å². The molecule has 1 amide bonds. The lowest BCUT2D eigenvalue weighted by atomic mass is 10.2. The van der Waals surface area contributed by atoms with Crippen molar-refractivity contribution >= 4 is 17.0 Å². The number of carbonyl (C=O) groups is 1. The lowest BCUT2D eigenvalue weighted by molar-refractivity contribution is 0.184. The van der Waals surface area contributed by atoms with Gasteiger partial charge in [-0.3, -0.25) is 4.79 Å². The maximum Gasteiger partial charge on any atom is 0.285 e. The first-order chi connectivity index (χ1) is 7.13. The first kappa shape index (κ1) is 12.1. The van der Waals surface area contributed by atoms with Gasteiger partial charge in [-0.05, 0) is 29.5 Å². The summed E-state index contributed by atoms with van der Waals surface area (Å²) in [5, 5.41) is 0.0320. The predicted octanol–water partition coefficient (Wildman–Crippen LogP) is 2.61. The standard InChI is InChI=1S/C11H15NO2S/c1-12(2)11(13)15-10-6-4-5-9(7-10)8-14-3/h4-7H,8H2,1-3H3. The molecule has 3 nitrogen and oxygen atoms in total. The molecule has 1 aromatic carbocycles. The van der Waals surface area contributed by atoms with Crippen molar-refractivity contribution in [1.29, 1.82) is 0 Å². The van der Waals surface area contributed by atoms with Crippen LogP contribution in [0.25, 0.3) is 0 Å². The van der Waals surface area contributed by atoms with Gasteiger partial charge in [0.1, 0.15) is 0 Å². The molecule has 0 aromatic heterocycles. The van der Waals surface area contributed by atoms with E-state index in [-0.39, 0.29) is 5.24 Å². The van der Waals surface area contributed by atoms with Gasteiger partial charge in [0.15, 0.2) is 0 Å². The molecule has 0 unspecified atom stereocenters. The number of hydrogen-bond donors (Lipinski definition) is 0. The van der Waals surface area contributed by atoms with Crippen molar-refractivity contribution in [2.75, 3.05) is 21.2 Å². The Labute approximate surface area is 94.4 Å². The summed E-state index contributed by atoms with van der Waals surface area (Å²) in [6.45, 7) is 0.574. The fraction of sp³-hybridized carbons (Fsp3) is 0.364. The molecule has 0 atom stereocenters. The van der Waals surface area contributed by atoms with Gasteiger partial charge in [0.25, 0.3) is 5.24 Å². The quantitative estimate of drug-likeness (QED) is 0.741. The minimum Gasteiger partial charge on any atom is -0.380 e. The fourth-order valence-electron chi connectivity index (χ4n) is 1.06. The third-order valence-electron chi connectivity index (χ3n) is 1.78. The minimum absolute atomic E-state index is 0.0320. The van der Waals surface area contributed by atoms with Crippen molar-refractivity contribution in [3.8, 4) is 0 Å². The van der Waals surface area contributed by atoms with E-state index in [9.17, 15) is 4.79 Å². The molecule has 0 heterocycles. The molecule has 1 aromatic rings. The molecule has 0 fully saturated rings. The van der Waals surface area contributed by atoms with E-state index in [4.69, 9.17) is 4.74 Å². The first-order valence-corrected chi connectivity index (χ1v) is 5.42. The molecule has 0 saturated heterocycles. The summed E-state index contributed by atoms with van der Waals surface area (Å²) in [6.07, 6.45) is 0. The Hall–Kier alpha value is -1.00. The molecule has 0 radical (unpaired) electrons. The zero-order valence-electron chi connectivity index (χ0n) is 9.19. The van der Waals surface area contributed by atoms with Crippen LogP contribution in [0.5, 0.6) is 0 Å². The van der Waals surface area contributed by atoms with Crippen molar-refractivity contribution in [2.24, 2.45) is 0 Å². The Bertz CT molecular complexity index is 339. The van der Waals surface area contributed by atoms with E-state index in [1.54, 1.807) is 26.1 Å². The maximum atomic E-state index is 11.4. The Kier molecular flexibility index (Phi) is 4.65. The van der Waals surface area contributed by atoms with Gasteiger partial charge in [0, 0.05) is 26.1 Å². The van der Waals surface area contributed by atoms with Crippen LogP contribution in [-0.4, -0.2) is 31.3 Å². The second kappa shape index (κ2) is 5.78. The summed E-state index contributed by atoms with van der Waals surface area (Å²) in [5.41, 5.74) is 1.08. The van der Waals surface area contributed by atoms with E-state index < -0.39 is 0 Å². The van der Waals surface area contributed by atoms with Gasteiger partial charge < -0.3 is 9.64 Å². The van der Waals surface area contributed by atoms with Crippen LogP contribution in [0.15, 0.2) is 29.2 Å². The van der Waals surface area contributed by atoms with Crippen molar-refractivity contribution in [3.05, 3.63) is 29.8 Å². The number of benzene rings is 1. The molecule has 82 valence electrons. The highest BCUT2D eigenvalue weighted by atomic mass is 32.2. The van der Waals surface area contributed by atoms with E-state index in [1.165, 1.54) is 11.8 Å². The minimum atomic E-state index is 0.0320. The van der Waals surface area contributed by atoms with E-state index in [1.807, 2.05) is 24.3 Å². The van der Waals surface area contributed by atoms with Crippen LogP contribution in [0.2, 0.25) is 0 Å². The number of carbonyl (C=O) groups excluding carboxylic acids is 1. The third kappa shape index (κ3) is 3.93. The molecular weight excluding hydrogens is 210 g/mol. The number of thioether (sulfide) groups is 1. The van der Waals surface area contributed by atoms with Crippen LogP contribution in [0, 0.1) is 0 Å². The molecule has 0 aliphatic rings. The van der Waals surface area contributed by atoms with Crippen LogP contribution in [0.4, 0.5) is 4.79 Å². The second-order valence-corrected chi connectivity index (χ2v) is 4.37. The Balaban J connectivity index is 2.69. The molecule has 0 N–H and O–H groups in total. The number of hydrogen-bond acceptors (Lipinski definition) is 3. The first-order valence-electron chi connectivity index (χ1n) is 4.60. The van der Waals surface area contributed by atoms with Gasteiger partial charge in [-0.25, -0.2) is 0 Å². The molecule has 0 aliphatic heterocycles. The normalized spacial score (nSPS) is 10.1. The van der Waals surface area contributed by atoms with Crippen LogP contribution < -0.4 is 0 Å². The Morgan fingerprint density at radius 2 is 2.20 bits per heavy atom. The molecule has 4 heteroatoms. The topological polar surface area (TPSA) is 29.5 Å². The molecule has 0 saturated carbocycles. The number of methoxy groups -OCH3 is 1. The average Bonchev–Trinajstić information content (AvgIpc) is 2.18. The van der Waals surface area contributed by atoms with Crippen LogP contribution in [-0.2, 0) is 11.3 Å². The van der Waals surface area contributed by atoms with Gasteiger partial charge in [-0.1, -0.05) is 12.1 Å². The molecular formula is C11H15NO2S. The van der Waals surface area contributed by atoms with Crippen molar-refractivity contribution in [3.63, 3.8) is 0 Å². The summed E-state index contributed by atoms with van der Waals surface area (Å²) in [4.78, 5) is 13.9. The van der Waals surface area contributed by atoms with E-state index in [2.05, 4.69) is 0 Å². The molecule has 1 rings (SSSR count). The van der Waals surface area contributed by atoms with E-state index >= 15 is 0 Å². The second-order valence-electron chi connectivity index (χ2n) is 3.34. The fourth-order valence-corrected chi connectivity index (χ4v) is 1.80. The van der Waals surface area contributed by atoms with Gasteiger partial charge in [-0.15, -0.1) is 0 Å². The monoisotopic (exact) mass is 225 g/mol. The van der Waals surface area contributed by atoms with Gasteiger partial charge in [0.05, 0.1) is 6.61 Å². The Morgan fingerprint density at radius 3 is 2.80 bits per heavy atom. The van der Waals surface area contributed by atoms with Crippen LogP contribution >= 0.6 is 11.8 Å². The molecule has 0 bridgehead atoms. The summed E-state index contributed by atoms with van der Waals surface area (Å²) in [5.74, 6) is 0. The van der Waals surface area contributed by atoms with Crippen molar-refractivity contribution < 1.29 is 9.53 Å². The highest BCUT2D eigenvalue weighted by molar-refractivity contribution is 8.13. The van der Waals surface area contributed by atoms with Crippen LogP contribution in [0.1, 0.15) is 5.56 Å². The summed E-state index contributed by atoms with van der Waals surface area (Å²) >= 11 is 1.22. The summed E-state index contributed by atoms with van der Waals surface area (Å²) in [6, 6.07) is 7.80. The van der Waals surface area contributed by atoms with Crippen molar-refractivity contribution in [1.82, 2.24) is 4.90 Å². The third-order valence-corrected chi connectivity index (χ3v) is 2.81. The maximum absolute atomic E-state index is 11.4. The smallest absolute Gasteiger partial charge is 0.285 e. The number of ether oxygens (including phenoxy) is 1. The molecule has 0 spiro atoms.